The Morgan fingerprint density at radius 1 is 1.10 bits per heavy atom. The summed E-state index contributed by atoms with van der Waals surface area (Å²) >= 11 is 0. The highest BCUT2D eigenvalue weighted by atomic mass is 16.6. The highest BCUT2D eigenvalue weighted by Crippen LogP contribution is 2.43. The number of anilines is 1. The average Bonchev–Trinajstić information content (AvgIpc) is 3.37. The lowest BCUT2D eigenvalue weighted by molar-refractivity contribution is -0.0133. The second-order valence-corrected chi connectivity index (χ2v) is 11.1. The third-order valence-corrected chi connectivity index (χ3v) is 7.26. The number of aryl methyl sites for hydroxylation is 1. The summed E-state index contributed by atoms with van der Waals surface area (Å²) < 4.78 is 24.1. The van der Waals surface area contributed by atoms with Gasteiger partial charge in [0.2, 0.25) is 0 Å². The van der Waals surface area contributed by atoms with Crippen LogP contribution in [0.3, 0.4) is 0 Å². The number of carbonyl (C=O) groups excluding carboxylic acids is 2. The number of ether oxygens (including phenoxy) is 4. The van der Waals surface area contributed by atoms with Gasteiger partial charge in [-0.25, -0.2) is 14.6 Å². The van der Waals surface area contributed by atoms with Gasteiger partial charge in [0.1, 0.15) is 17.0 Å². The minimum atomic E-state index is -0.616. The van der Waals surface area contributed by atoms with E-state index in [1.54, 1.807) is 30.0 Å². The van der Waals surface area contributed by atoms with Crippen LogP contribution in [0.4, 0.5) is 10.5 Å². The molecule has 0 saturated carbocycles. The average molecular weight is 552 g/mol. The molecular weight excluding hydrogens is 510 g/mol. The Kier molecular flexibility index (Phi) is 8.75. The molecule has 2 atom stereocenters. The molecule has 0 unspecified atom stereocenters. The van der Waals surface area contributed by atoms with Crippen molar-refractivity contribution in [2.24, 2.45) is 0 Å². The van der Waals surface area contributed by atoms with Crippen LogP contribution in [0.1, 0.15) is 68.1 Å². The van der Waals surface area contributed by atoms with E-state index in [1.165, 1.54) is 7.11 Å². The molecule has 1 saturated heterocycles. The fourth-order valence-corrected chi connectivity index (χ4v) is 5.51. The van der Waals surface area contributed by atoms with Crippen molar-refractivity contribution in [1.82, 2.24) is 9.58 Å². The number of methoxy groups -OCH3 is 2. The standard InChI is InChI=1S/C31H41N3O6/c1-9-39-23-14-17-34(25(19-23)21-10-12-22(13-11-21)29(35)38-8)32(6)28-24-15-16-33(30(36)40-31(3,4)5)27(24)20(2)18-26(28)37-7/h10-13,15-16,18,23,25H,9,14,17,19H2,1-8H3/t23-,25+/m1/s1. The number of hydrogen-bond acceptors (Lipinski definition) is 8. The van der Waals surface area contributed by atoms with Gasteiger partial charge in [-0.05, 0) is 82.9 Å². The first-order chi connectivity index (χ1) is 19.0. The van der Waals surface area contributed by atoms with Crippen molar-refractivity contribution in [3.8, 4) is 5.75 Å². The van der Waals surface area contributed by atoms with Crippen LogP contribution >= 0.6 is 0 Å². The number of nitrogens with zero attached hydrogens (tertiary/aromatic N) is 3. The molecule has 2 aromatic carbocycles. The number of hydrogen-bond donors (Lipinski definition) is 0. The molecule has 0 radical (unpaired) electrons. The van der Waals surface area contributed by atoms with Gasteiger partial charge < -0.3 is 24.0 Å². The number of fused-ring (bicyclic) bond motifs is 1. The summed E-state index contributed by atoms with van der Waals surface area (Å²) in [5.74, 6) is 0.346. The van der Waals surface area contributed by atoms with E-state index in [1.807, 2.05) is 65.9 Å². The zero-order valence-corrected chi connectivity index (χ0v) is 24.8. The summed E-state index contributed by atoms with van der Waals surface area (Å²) in [4.78, 5) is 25.1. The second kappa shape index (κ2) is 11.9. The van der Waals surface area contributed by atoms with Gasteiger partial charge >= 0.3 is 12.1 Å². The van der Waals surface area contributed by atoms with Gasteiger partial charge in [0, 0.05) is 31.8 Å². The molecule has 0 aliphatic carbocycles. The Balaban J connectivity index is 1.78. The molecule has 0 bridgehead atoms. The summed E-state index contributed by atoms with van der Waals surface area (Å²) in [6.07, 6.45) is 3.10. The van der Waals surface area contributed by atoms with Gasteiger partial charge in [-0.3, -0.25) is 4.57 Å². The van der Waals surface area contributed by atoms with E-state index in [2.05, 4.69) is 10.0 Å². The lowest BCUT2D eigenvalue weighted by atomic mass is 9.93. The molecule has 1 aliphatic rings. The quantitative estimate of drug-likeness (QED) is 0.325. The Labute approximate surface area is 236 Å². The van der Waals surface area contributed by atoms with Crippen molar-refractivity contribution >= 4 is 28.7 Å². The summed E-state index contributed by atoms with van der Waals surface area (Å²) in [7, 11) is 5.06. The van der Waals surface area contributed by atoms with Crippen molar-refractivity contribution in [3.05, 3.63) is 59.3 Å². The zero-order valence-electron chi connectivity index (χ0n) is 24.8. The lowest BCUT2D eigenvalue weighted by Crippen LogP contribution is -2.48. The molecular formula is C31H41N3O6. The van der Waals surface area contributed by atoms with Crippen molar-refractivity contribution in [2.45, 2.75) is 65.2 Å². The van der Waals surface area contributed by atoms with Gasteiger partial charge in [0.25, 0.3) is 0 Å². The van der Waals surface area contributed by atoms with E-state index in [-0.39, 0.29) is 18.1 Å². The number of benzene rings is 2. The van der Waals surface area contributed by atoms with E-state index < -0.39 is 11.7 Å². The molecule has 1 aromatic heterocycles. The Bertz CT molecular complexity index is 1360. The minimum Gasteiger partial charge on any atom is -0.494 e. The molecule has 9 nitrogen and oxygen atoms in total. The highest BCUT2D eigenvalue weighted by molar-refractivity contribution is 6.01. The van der Waals surface area contributed by atoms with Crippen LogP contribution in [0.15, 0.2) is 42.6 Å². The summed E-state index contributed by atoms with van der Waals surface area (Å²) in [5.41, 5.74) is 3.50. The molecule has 40 heavy (non-hydrogen) atoms. The molecule has 3 aromatic rings. The predicted octanol–water partition coefficient (Wildman–Crippen LogP) is 6.12. The summed E-state index contributed by atoms with van der Waals surface area (Å²) in [5, 5.41) is 5.32. The molecule has 1 aliphatic heterocycles. The Morgan fingerprint density at radius 2 is 1.80 bits per heavy atom. The SMILES string of the molecule is CCO[C@@H]1CCN(N(C)c2c(OC)cc(C)c3c2ccn3C(=O)OC(C)(C)C)[C@H](c2ccc(C(=O)OC)cc2)C1. The van der Waals surface area contributed by atoms with Crippen LogP contribution < -0.4 is 9.75 Å². The first kappa shape index (κ1) is 29.4. The van der Waals surface area contributed by atoms with E-state index in [0.29, 0.717) is 17.9 Å². The van der Waals surface area contributed by atoms with Gasteiger partial charge in [-0.15, -0.1) is 0 Å². The molecule has 2 heterocycles. The summed E-state index contributed by atoms with van der Waals surface area (Å²) in [6, 6.07) is 11.4. The fraction of sp³-hybridized carbons (Fsp3) is 0.484. The van der Waals surface area contributed by atoms with Crippen molar-refractivity contribution in [2.75, 3.05) is 39.4 Å². The number of esters is 1. The normalized spacial score (nSPS) is 18.0. The van der Waals surface area contributed by atoms with E-state index in [0.717, 1.165) is 47.1 Å². The molecule has 9 heteroatoms. The van der Waals surface area contributed by atoms with Crippen LogP contribution in [0, 0.1) is 6.92 Å². The van der Waals surface area contributed by atoms with Gasteiger partial charge in [-0.2, -0.15) is 0 Å². The largest absolute Gasteiger partial charge is 0.494 e. The van der Waals surface area contributed by atoms with Crippen LogP contribution in [-0.2, 0) is 14.2 Å². The smallest absolute Gasteiger partial charge is 0.419 e. The maximum atomic E-state index is 13.1. The monoisotopic (exact) mass is 551 g/mol. The van der Waals surface area contributed by atoms with Gasteiger partial charge in [0.05, 0.1) is 37.4 Å². The van der Waals surface area contributed by atoms with Crippen LogP contribution in [-0.4, -0.2) is 67.8 Å². The third-order valence-electron chi connectivity index (χ3n) is 7.26. The molecule has 0 spiro atoms. The second-order valence-electron chi connectivity index (χ2n) is 11.1. The Morgan fingerprint density at radius 3 is 2.40 bits per heavy atom. The molecule has 1 fully saturated rings. The first-order valence-corrected chi connectivity index (χ1v) is 13.7. The van der Waals surface area contributed by atoms with E-state index in [4.69, 9.17) is 18.9 Å². The van der Waals surface area contributed by atoms with Crippen molar-refractivity contribution in [3.63, 3.8) is 0 Å². The predicted molar refractivity (Wildman–Crippen MR) is 155 cm³/mol. The number of aromatic nitrogens is 1. The lowest BCUT2D eigenvalue weighted by Gasteiger charge is -2.45. The minimum absolute atomic E-state index is 0.0176. The van der Waals surface area contributed by atoms with Crippen molar-refractivity contribution < 1.29 is 28.5 Å². The topological polar surface area (TPSA) is 82.5 Å². The fourth-order valence-electron chi connectivity index (χ4n) is 5.51. The molecule has 4 rings (SSSR count). The molecule has 0 amide bonds. The van der Waals surface area contributed by atoms with Gasteiger partial charge in [-0.1, -0.05) is 12.1 Å². The first-order valence-electron chi connectivity index (χ1n) is 13.7. The third kappa shape index (κ3) is 5.95. The highest BCUT2D eigenvalue weighted by Gasteiger charge is 2.35. The van der Waals surface area contributed by atoms with Crippen LogP contribution in [0.25, 0.3) is 10.9 Å². The number of rotatable bonds is 7. The van der Waals surface area contributed by atoms with Crippen molar-refractivity contribution in [1.29, 1.82) is 0 Å². The molecule has 0 N–H and O–H groups in total. The zero-order chi connectivity index (χ0) is 29.2. The number of piperidine rings is 1. The summed E-state index contributed by atoms with van der Waals surface area (Å²) in [6.45, 7) is 11.0. The van der Waals surface area contributed by atoms with Crippen LogP contribution in [0.2, 0.25) is 0 Å². The maximum Gasteiger partial charge on any atom is 0.419 e. The van der Waals surface area contributed by atoms with Gasteiger partial charge in [0.15, 0.2) is 0 Å². The van der Waals surface area contributed by atoms with Crippen LogP contribution in [0.5, 0.6) is 5.75 Å². The number of carbonyl (C=O) groups is 2. The van der Waals surface area contributed by atoms with E-state index in [9.17, 15) is 9.59 Å². The maximum absolute atomic E-state index is 13.1. The molecule has 216 valence electrons. The number of hydrazine groups is 1. The van der Waals surface area contributed by atoms with E-state index >= 15 is 0 Å². The Hall–Kier alpha value is -3.56.